The zero-order valence-electron chi connectivity index (χ0n) is 13.8. The molecule has 0 radical (unpaired) electrons. The van der Waals surface area contributed by atoms with Crippen LogP contribution < -0.4 is 10.9 Å². The van der Waals surface area contributed by atoms with Crippen LogP contribution in [0.1, 0.15) is 15.2 Å². The Morgan fingerprint density at radius 2 is 2.15 bits per heavy atom. The number of non-ortho nitro benzene ring substituents is 1. The molecule has 0 atom stereocenters. The van der Waals surface area contributed by atoms with Crippen molar-refractivity contribution in [2.75, 3.05) is 5.32 Å². The second kappa shape index (κ2) is 6.96. The number of carboxylic acids is 1. The van der Waals surface area contributed by atoms with E-state index < -0.39 is 22.4 Å². The highest BCUT2D eigenvalue weighted by molar-refractivity contribution is 7.20. The van der Waals surface area contributed by atoms with Gasteiger partial charge < -0.3 is 10.4 Å². The Morgan fingerprint density at radius 1 is 1.41 bits per heavy atom. The van der Waals surface area contributed by atoms with Gasteiger partial charge in [-0.15, -0.1) is 11.3 Å². The Hall–Kier alpha value is -3.60. The van der Waals surface area contributed by atoms with Crippen molar-refractivity contribution in [3.63, 3.8) is 0 Å². The molecule has 0 unspecified atom stereocenters. The van der Waals surface area contributed by atoms with Gasteiger partial charge in [-0.3, -0.25) is 24.3 Å². The summed E-state index contributed by atoms with van der Waals surface area (Å²) in [4.78, 5) is 50.5. The maximum Gasteiger partial charge on any atom is 0.346 e. The van der Waals surface area contributed by atoms with Crippen molar-refractivity contribution >= 4 is 44.8 Å². The fraction of sp³-hybridized carbons (Fsp3) is 0.125. The standard InChI is InChI=1S/C16H12N4O6S/c1-8-12-14(27-13(8)16(23)24)17-7-19(15(12)22)6-11(21)18-9-3-2-4-10(5-9)20(25)26/h2-5,7H,6H2,1H3,(H,18,21)(H,23,24). The Balaban J connectivity index is 1.87. The number of nitro groups is 1. The van der Waals surface area contributed by atoms with Crippen LogP contribution >= 0.6 is 11.3 Å². The average Bonchev–Trinajstić information content (AvgIpc) is 2.95. The lowest BCUT2D eigenvalue weighted by Gasteiger charge is -2.07. The Morgan fingerprint density at radius 3 is 2.81 bits per heavy atom. The summed E-state index contributed by atoms with van der Waals surface area (Å²) in [7, 11) is 0. The number of carbonyl (C=O) groups is 2. The van der Waals surface area contributed by atoms with E-state index in [1.807, 2.05) is 0 Å². The van der Waals surface area contributed by atoms with Crippen LogP contribution in [0, 0.1) is 17.0 Å². The van der Waals surface area contributed by atoms with Crippen molar-refractivity contribution < 1.29 is 19.6 Å². The third-order valence-electron chi connectivity index (χ3n) is 3.77. The molecule has 1 amide bonds. The quantitative estimate of drug-likeness (QED) is 0.502. The van der Waals surface area contributed by atoms with Crippen molar-refractivity contribution in [3.05, 3.63) is 61.5 Å². The molecule has 3 aromatic rings. The molecular formula is C16H12N4O6S. The van der Waals surface area contributed by atoms with Gasteiger partial charge in [-0.2, -0.15) is 0 Å². The number of aryl methyl sites for hydroxylation is 1. The molecule has 0 aliphatic rings. The molecule has 0 aliphatic carbocycles. The van der Waals surface area contributed by atoms with Crippen LogP contribution in [-0.2, 0) is 11.3 Å². The van der Waals surface area contributed by atoms with Crippen LogP contribution in [0.5, 0.6) is 0 Å². The number of fused-ring (bicyclic) bond motifs is 1. The summed E-state index contributed by atoms with van der Waals surface area (Å²) in [6.07, 6.45) is 1.17. The highest BCUT2D eigenvalue weighted by Crippen LogP contribution is 2.26. The first-order valence-electron chi connectivity index (χ1n) is 7.54. The predicted molar refractivity (Wildman–Crippen MR) is 97.3 cm³/mol. The first-order valence-corrected chi connectivity index (χ1v) is 8.35. The van der Waals surface area contributed by atoms with E-state index in [9.17, 15) is 24.5 Å². The summed E-state index contributed by atoms with van der Waals surface area (Å²) in [5.41, 5.74) is -0.191. The van der Waals surface area contributed by atoms with E-state index >= 15 is 0 Å². The van der Waals surface area contributed by atoms with Crippen LogP contribution in [0.2, 0.25) is 0 Å². The van der Waals surface area contributed by atoms with Crippen LogP contribution in [0.15, 0.2) is 35.4 Å². The van der Waals surface area contributed by atoms with Crippen LogP contribution in [-0.4, -0.2) is 31.5 Å². The van der Waals surface area contributed by atoms with E-state index in [0.29, 0.717) is 5.56 Å². The zero-order valence-corrected chi connectivity index (χ0v) is 14.6. The Bertz CT molecular complexity index is 1150. The molecule has 0 saturated heterocycles. The maximum atomic E-state index is 12.6. The third-order valence-corrected chi connectivity index (χ3v) is 4.95. The van der Waals surface area contributed by atoms with Crippen molar-refractivity contribution in [1.29, 1.82) is 0 Å². The van der Waals surface area contributed by atoms with Crippen molar-refractivity contribution in [3.8, 4) is 0 Å². The fourth-order valence-corrected chi connectivity index (χ4v) is 3.51. The fourth-order valence-electron chi connectivity index (χ4n) is 2.53. The van der Waals surface area contributed by atoms with Gasteiger partial charge in [0.1, 0.15) is 16.3 Å². The molecule has 0 aliphatic heterocycles. The number of anilines is 1. The van der Waals surface area contributed by atoms with Gasteiger partial charge in [-0.05, 0) is 18.6 Å². The molecule has 0 saturated carbocycles. The number of carbonyl (C=O) groups excluding carboxylic acids is 1. The molecule has 2 N–H and O–H groups in total. The summed E-state index contributed by atoms with van der Waals surface area (Å²) in [5.74, 6) is -1.73. The highest BCUT2D eigenvalue weighted by atomic mass is 32.1. The number of nitro benzene ring substituents is 1. The molecule has 3 rings (SSSR count). The number of hydrogen-bond acceptors (Lipinski definition) is 7. The maximum absolute atomic E-state index is 12.6. The number of carboxylic acid groups (broad SMARTS) is 1. The van der Waals surface area contributed by atoms with Gasteiger partial charge in [0.05, 0.1) is 16.6 Å². The minimum Gasteiger partial charge on any atom is -0.477 e. The number of nitrogens with one attached hydrogen (secondary N) is 1. The molecular weight excluding hydrogens is 376 g/mol. The summed E-state index contributed by atoms with van der Waals surface area (Å²) in [6, 6.07) is 5.40. The lowest BCUT2D eigenvalue weighted by atomic mass is 10.2. The average molecular weight is 388 g/mol. The smallest absolute Gasteiger partial charge is 0.346 e. The SMILES string of the molecule is Cc1c(C(=O)O)sc2ncn(CC(=O)Nc3cccc([N+](=O)[O-])c3)c(=O)c12. The number of nitrogens with zero attached hydrogens (tertiary/aromatic N) is 3. The van der Waals surface area contributed by atoms with E-state index in [0.717, 1.165) is 15.9 Å². The van der Waals surface area contributed by atoms with Gasteiger partial charge in [-0.1, -0.05) is 6.07 Å². The number of amides is 1. The van der Waals surface area contributed by atoms with E-state index in [1.165, 1.54) is 37.5 Å². The minimum absolute atomic E-state index is 0.0217. The van der Waals surface area contributed by atoms with Crippen molar-refractivity contribution in [2.24, 2.45) is 0 Å². The molecule has 0 bridgehead atoms. The van der Waals surface area contributed by atoms with E-state index in [-0.39, 0.29) is 33.0 Å². The second-order valence-electron chi connectivity index (χ2n) is 5.57. The lowest BCUT2D eigenvalue weighted by molar-refractivity contribution is -0.384. The summed E-state index contributed by atoms with van der Waals surface area (Å²) in [6.45, 7) is 1.14. The van der Waals surface area contributed by atoms with Crippen LogP contribution in [0.25, 0.3) is 10.2 Å². The first-order chi connectivity index (χ1) is 12.8. The number of benzene rings is 1. The Kier molecular flexibility index (Phi) is 4.69. The summed E-state index contributed by atoms with van der Waals surface area (Å²) in [5, 5.41) is 22.6. The van der Waals surface area contributed by atoms with Crippen molar-refractivity contribution in [1.82, 2.24) is 9.55 Å². The molecule has 1 aromatic carbocycles. The number of rotatable bonds is 5. The largest absolute Gasteiger partial charge is 0.477 e. The van der Waals surface area contributed by atoms with E-state index in [4.69, 9.17) is 5.11 Å². The van der Waals surface area contributed by atoms with E-state index in [2.05, 4.69) is 10.3 Å². The molecule has 2 aromatic heterocycles. The topological polar surface area (TPSA) is 144 Å². The van der Waals surface area contributed by atoms with Gasteiger partial charge in [0.25, 0.3) is 11.2 Å². The van der Waals surface area contributed by atoms with Gasteiger partial charge >= 0.3 is 5.97 Å². The normalized spacial score (nSPS) is 10.7. The number of aromatic nitrogens is 2. The second-order valence-corrected chi connectivity index (χ2v) is 6.57. The molecule has 10 nitrogen and oxygen atoms in total. The number of thiophene rings is 1. The molecule has 2 heterocycles. The molecule has 11 heteroatoms. The summed E-state index contributed by atoms with van der Waals surface area (Å²) >= 11 is 0.892. The Labute approximate surface area is 154 Å². The molecule has 0 fully saturated rings. The van der Waals surface area contributed by atoms with Crippen LogP contribution in [0.3, 0.4) is 0 Å². The zero-order chi connectivity index (χ0) is 19.7. The third kappa shape index (κ3) is 3.53. The van der Waals surface area contributed by atoms with E-state index in [1.54, 1.807) is 0 Å². The molecule has 27 heavy (non-hydrogen) atoms. The monoisotopic (exact) mass is 388 g/mol. The number of hydrogen-bond donors (Lipinski definition) is 2. The van der Waals surface area contributed by atoms with Crippen molar-refractivity contribution in [2.45, 2.75) is 13.5 Å². The predicted octanol–water partition coefficient (Wildman–Crippen LogP) is 2.01. The molecule has 138 valence electrons. The van der Waals surface area contributed by atoms with Gasteiger partial charge in [0.2, 0.25) is 5.91 Å². The van der Waals surface area contributed by atoms with Gasteiger partial charge in [-0.25, -0.2) is 9.78 Å². The number of aromatic carboxylic acids is 1. The minimum atomic E-state index is -1.15. The van der Waals surface area contributed by atoms with Gasteiger partial charge in [0.15, 0.2) is 0 Å². The summed E-state index contributed by atoms with van der Waals surface area (Å²) < 4.78 is 1.06. The first kappa shape index (κ1) is 18.2. The van der Waals surface area contributed by atoms with Crippen LogP contribution in [0.4, 0.5) is 11.4 Å². The highest BCUT2D eigenvalue weighted by Gasteiger charge is 2.19. The lowest BCUT2D eigenvalue weighted by Crippen LogP contribution is -2.27. The van der Waals surface area contributed by atoms with Gasteiger partial charge in [0, 0.05) is 17.8 Å². The molecule has 0 spiro atoms.